The Labute approximate surface area is 118 Å². The molecule has 1 aromatic rings. The molecule has 106 valence electrons. The van der Waals surface area contributed by atoms with Crippen LogP contribution in [0.5, 0.6) is 0 Å². The van der Waals surface area contributed by atoms with E-state index in [1.165, 1.54) is 11.1 Å². The summed E-state index contributed by atoms with van der Waals surface area (Å²) in [5.74, 6) is 0. The largest absolute Gasteiger partial charge is 0.411 e. The first-order valence-corrected chi connectivity index (χ1v) is 6.69. The quantitative estimate of drug-likeness (QED) is 0.343. The summed E-state index contributed by atoms with van der Waals surface area (Å²) < 4.78 is 0. The molecule has 1 fully saturated rings. The molecule has 0 spiro atoms. The predicted molar refractivity (Wildman–Crippen MR) is 79.9 cm³/mol. The third kappa shape index (κ3) is 4.17. The molecular weight excluding hydrogens is 254 g/mol. The van der Waals surface area contributed by atoms with E-state index >= 15 is 0 Å². The highest BCUT2D eigenvalue weighted by Gasteiger charge is 2.13. The number of hydrogen-bond acceptors (Lipinski definition) is 4. The number of nitrogens with zero attached hydrogens (tertiary/aromatic N) is 4. The lowest BCUT2D eigenvalue weighted by atomic mass is 10.1. The lowest BCUT2D eigenvalue weighted by molar-refractivity contribution is -0.883. The van der Waals surface area contributed by atoms with E-state index < -0.39 is 0 Å². The molecule has 6 nitrogen and oxygen atoms in total. The van der Waals surface area contributed by atoms with Crippen LogP contribution in [0.4, 0.5) is 0 Å². The SMILES string of the molecule is C[NH+]1CCN(\C=N/N=C(/C=N/O)c2ccccc2)CC1. The van der Waals surface area contributed by atoms with Gasteiger partial charge in [0.05, 0.1) is 39.4 Å². The fourth-order valence-corrected chi connectivity index (χ4v) is 2.00. The highest BCUT2D eigenvalue weighted by Crippen LogP contribution is 2.00. The van der Waals surface area contributed by atoms with E-state index in [1.807, 2.05) is 30.3 Å². The Morgan fingerprint density at radius 3 is 2.60 bits per heavy atom. The van der Waals surface area contributed by atoms with Gasteiger partial charge >= 0.3 is 0 Å². The zero-order valence-electron chi connectivity index (χ0n) is 11.6. The van der Waals surface area contributed by atoms with Gasteiger partial charge in [-0.1, -0.05) is 35.5 Å². The normalized spacial score (nSPS) is 18.2. The van der Waals surface area contributed by atoms with Crippen LogP contribution < -0.4 is 4.90 Å². The maximum absolute atomic E-state index is 8.70. The van der Waals surface area contributed by atoms with E-state index in [0.717, 1.165) is 31.7 Å². The van der Waals surface area contributed by atoms with Gasteiger partial charge in [-0.2, -0.15) is 0 Å². The number of benzene rings is 1. The number of quaternary nitrogens is 1. The van der Waals surface area contributed by atoms with Gasteiger partial charge in [-0.25, -0.2) is 0 Å². The van der Waals surface area contributed by atoms with Crippen LogP contribution in [0.3, 0.4) is 0 Å². The van der Waals surface area contributed by atoms with Crippen LogP contribution in [-0.4, -0.2) is 61.6 Å². The summed E-state index contributed by atoms with van der Waals surface area (Å²) in [4.78, 5) is 3.69. The molecule has 0 radical (unpaired) electrons. The molecule has 1 aromatic carbocycles. The van der Waals surface area contributed by atoms with Crippen LogP contribution in [0.2, 0.25) is 0 Å². The highest BCUT2D eigenvalue weighted by atomic mass is 16.4. The van der Waals surface area contributed by atoms with Gasteiger partial charge < -0.3 is 15.0 Å². The fraction of sp³-hybridized carbons (Fsp3) is 0.357. The minimum absolute atomic E-state index is 0.532. The maximum Gasteiger partial charge on any atom is 0.115 e. The molecule has 0 aliphatic carbocycles. The summed E-state index contributed by atoms with van der Waals surface area (Å²) in [5.41, 5.74) is 1.40. The second-order valence-corrected chi connectivity index (χ2v) is 4.82. The minimum atomic E-state index is 0.532. The molecular formula is C14H20N5O+. The van der Waals surface area contributed by atoms with Crippen LogP contribution in [0.25, 0.3) is 0 Å². The zero-order valence-corrected chi connectivity index (χ0v) is 11.6. The van der Waals surface area contributed by atoms with Crippen molar-refractivity contribution in [2.24, 2.45) is 15.4 Å². The molecule has 0 saturated carbocycles. The van der Waals surface area contributed by atoms with Gasteiger partial charge in [0.15, 0.2) is 0 Å². The van der Waals surface area contributed by atoms with Crippen molar-refractivity contribution in [1.29, 1.82) is 0 Å². The third-order valence-corrected chi connectivity index (χ3v) is 3.28. The number of nitrogens with one attached hydrogen (secondary N) is 1. The van der Waals surface area contributed by atoms with E-state index in [-0.39, 0.29) is 0 Å². The second kappa shape index (κ2) is 7.40. The average Bonchev–Trinajstić information content (AvgIpc) is 2.49. The Morgan fingerprint density at radius 1 is 1.25 bits per heavy atom. The Morgan fingerprint density at radius 2 is 1.95 bits per heavy atom. The van der Waals surface area contributed by atoms with Gasteiger partial charge in [0.2, 0.25) is 0 Å². The Bertz CT molecular complexity index is 490. The topological polar surface area (TPSA) is 65.0 Å². The average molecular weight is 274 g/mol. The monoisotopic (exact) mass is 274 g/mol. The smallest absolute Gasteiger partial charge is 0.115 e. The number of likely N-dealkylation sites (N-methyl/N-ethyl adjacent to an activating group) is 1. The second-order valence-electron chi connectivity index (χ2n) is 4.82. The summed E-state index contributed by atoms with van der Waals surface area (Å²) in [6.45, 7) is 4.19. The van der Waals surface area contributed by atoms with Crippen molar-refractivity contribution in [3.63, 3.8) is 0 Å². The standard InChI is InChI=1S/C14H19N5O/c1-18-7-9-19(10-8-18)12-15-17-14(11-16-20)13-5-3-2-4-6-13/h2-6,11-12,20H,7-10H2,1H3/p+1/b15-12-,16-11+,17-14-. The number of piperazine rings is 1. The van der Waals surface area contributed by atoms with Crippen molar-refractivity contribution in [3.8, 4) is 0 Å². The minimum Gasteiger partial charge on any atom is -0.411 e. The summed E-state index contributed by atoms with van der Waals surface area (Å²) in [6, 6.07) is 9.53. The lowest BCUT2D eigenvalue weighted by Crippen LogP contribution is -3.11. The molecule has 0 aromatic heterocycles. The first kappa shape index (κ1) is 14.2. The van der Waals surface area contributed by atoms with Crippen LogP contribution in [0, 0.1) is 0 Å². The Balaban J connectivity index is 2.03. The lowest BCUT2D eigenvalue weighted by Gasteiger charge is -2.27. The molecule has 1 aliphatic heterocycles. The zero-order chi connectivity index (χ0) is 14.2. The van der Waals surface area contributed by atoms with E-state index in [0.29, 0.717) is 5.71 Å². The van der Waals surface area contributed by atoms with Crippen LogP contribution in [-0.2, 0) is 0 Å². The number of hydrogen-bond donors (Lipinski definition) is 2. The van der Waals surface area contributed by atoms with Gasteiger partial charge in [0.1, 0.15) is 12.1 Å². The summed E-state index contributed by atoms with van der Waals surface area (Å²) in [6.07, 6.45) is 3.04. The van der Waals surface area contributed by atoms with Crippen molar-refractivity contribution in [2.45, 2.75) is 0 Å². The fourth-order valence-electron chi connectivity index (χ4n) is 2.00. The summed E-state index contributed by atoms with van der Waals surface area (Å²) in [7, 11) is 2.19. The van der Waals surface area contributed by atoms with Crippen molar-refractivity contribution < 1.29 is 10.1 Å². The molecule has 2 rings (SSSR count). The van der Waals surface area contributed by atoms with E-state index in [1.54, 1.807) is 6.34 Å². The Hall–Kier alpha value is -2.21. The van der Waals surface area contributed by atoms with Crippen LogP contribution >= 0.6 is 0 Å². The molecule has 1 aliphatic rings. The molecule has 0 amide bonds. The maximum atomic E-state index is 8.70. The van der Waals surface area contributed by atoms with Crippen molar-refractivity contribution >= 4 is 18.3 Å². The van der Waals surface area contributed by atoms with Crippen molar-refractivity contribution in [1.82, 2.24) is 4.90 Å². The molecule has 2 N–H and O–H groups in total. The number of oxime groups is 1. The predicted octanol–water partition coefficient (Wildman–Crippen LogP) is -0.291. The van der Waals surface area contributed by atoms with Gasteiger partial charge in [0.25, 0.3) is 0 Å². The first-order chi connectivity index (χ1) is 9.79. The van der Waals surface area contributed by atoms with Crippen molar-refractivity contribution in [3.05, 3.63) is 35.9 Å². The summed E-state index contributed by atoms with van der Waals surface area (Å²) >= 11 is 0. The van der Waals surface area contributed by atoms with Crippen molar-refractivity contribution in [2.75, 3.05) is 33.2 Å². The first-order valence-electron chi connectivity index (χ1n) is 6.69. The molecule has 0 atom stereocenters. The molecule has 6 heteroatoms. The van der Waals surface area contributed by atoms with Gasteiger partial charge in [-0.05, 0) is 0 Å². The van der Waals surface area contributed by atoms with E-state index in [2.05, 4.69) is 27.3 Å². The van der Waals surface area contributed by atoms with Gasteiger partial charge in [-0.15, -0.1) is 10.2 Å². The molecule has 1 heterocycles. The molecule has 1 saturated heterocycles. The highest BCUT2D eigenvalue weighted by molar-refractivity contribution is 6.38. The van der Waals surface area contributed by atoms with Crippen LogP contribution in [0.1, 0.15) is 5.56 Å². The van der Waals surface area contributed by atoms with Crippen LogP contribution in [0.15, 0.2) is 45.7 Å². The molecule has 20 heavy (non-hydrogen) atoms. The van der Waals surface area contributed by atoms with Gasteiger partial charge in [0, 0.05) is 5.56 Å². The Kier molecular flexibility index (Phi) is 5.25. The van der Waals surface area contributed by atoms with E-state index in [9.17, 15) is 0 Å². The summed E-state index contributed by atoms with van der Waals surface area (Å²) in [5, 5.41) is 20.0. The molecule has 0 unspecified atom stereocenters. The number of rotatable bonds is 4. The van der Waals surface area contributed by atoms with E-state index in [4.69, 9.17) is 5.21 Å². The van der Waals surface area contributed by atoms with Gasteiger partial charge in [-0.3, -0.25) is 0 Å². The third-order valence-electron chi connectivity index (χ3n) is 3.28. The molecule has 0 bridgehead atoms.